The first-order chi connectivity index (χ1) is 9.40. The van der Waals surface area contributed by atoms with Crippen molar-refractivity contribution in [3.05, 3.63) is 0 Å². The third-order valence-corrected chi connectivity index (χ3v) is 5.10. The monoisotopic (exact) mass is 281 g/mol. The maximum Gasteiger partial charge on any atom is 0.303 e. The number of rotatable bonds is 3. The van der Waals surface area contributed by atoms with Gasteiger partial charge < -0.3 is 10.0 Å². The van der Waals surface area contributed by atoms with E-state index in [1.54, 1.807) is 0 Å². The van der Waals surface area contributed by atoms with Crippen molar-refractivity contribution in [1.82, 2.24) is 4.90 Å². The number of aliphatic carboxylic acids is 1. The summed E-state index contributed by atoms with van der Waals surface area (Å²) in [6, 6.07) is 0. The fourth-order valence-electron chi connectivity index (χ4n) is 3.85. The van der Waals surface area contributed by atoms with Crippen LogP contribution in [0.2, 0.25) is 0 Å². The van der Waals surface area contributed by atoms with Gasteiger partial charge in [-0.05, 0) is 37.0 Å². The molecule has 0 bridgehead atoms. The number of hydrogen-bond donors (Lipinski definition) is 1. The van der Waals surface area contributed by atoms with Crippen molar-refractivity contribution in [3.8, 4) is 0 Å². The van der Waals surface area contributed by atoms with Gasteiger partial charge in [-0.2, -0.15) is 0 Å². The van der Waals surface area contributed by atoms with E-state index in [1.807, 2.05) is 4.90 Å². The summed E-state index contributed by atoms with van der Waals surface area (Å²) in [6.45, 7) is 5.85. The molecule has 4 nitrogen and oxygen atoms in total. The van der Waals surface area contributed by atoms with E-state index >= 15 is 0 Å². The zero-order valence-corrected chi connectivity index (χ0v) is 12.7. The lowest BCUT2D eigenvalue weighted by atomic mass is 9.68. The summed E-state index contributed by atoms with van der Waals surface area (Å²) in [6.07, 6.45) is 6.55. The number of nitrogens with zero attached hydrogens (tertiary/aromatic N) is 1. The molecule has 0 aromatic carbocycles. The lowest BCUT2D eigenvalue weighted by Crippen LogP contribution is -2.47. The number of carboxylic acids is 1. The van der Waals surface area contributed by atoms with Crippen molar-refractivity contribution >= 4 is 11.9 Å². The SMILES string of the molecule is CC1(C)CCCCC1C(=O)N1CCCC(CC(=O)O)C1. The first-order valence-corrected chi connectivity index (χ1v) is 7.91. The number of carbonyl (C=O) groups excluding carboxylic acids is 1. The molecule has 1 N–H and O–H groups in total. The van der Waals surface area contributed by atoms with Crippen LogP contribution in [-0.4, -0.2) is 35.0 Å². The van der Waals surface area contributed by atoms with Crippen LogP contribution in [0.3, 0.4) is 0 Å². The molecule has 1 saturated carbocycles. The van der Waals surface area contributed by atoms with E-state index in [0.717, 1.165) is 38.6 Å². The van der Waals surface area contributed by atoms with Gasteiger partial charge >= 0.3 is 5.97 Å². The van der Waals surface area contributed by atoms with E-state index in [2.05, 4.69) is 13.8 Å². The van der Waals surface area contributed by atoms with Gasteiger partial charge in [0.25, 0.3) is 0 Å². The Bertz CT molecular complexity index is 378. The van der Waals surface area contributed by atoms with Gasteiger partial charge in [-0.3, -0.25) is 9.59 Å². The number of hydrogen-bond acceptors (Lipinski definition) is 2. The standard InChI is InChI=1S/C16H27NO3/c1-16(2)8-4-3-7-13(16)15(20)17-9-5-6-12(11-17)10-14(18)19/h12-13H,3-11H2,1-2H3,(H,18,19). The molecule has 4 heteroatoms. The molecule has 0 radical (unpaired) electrons. The first kappa shape index (κ1) is 15.3. The Hall–Kier alpha value is -1.06. The van der Waals surface area contributed by atoms with Crippen molar-refractivity contribution < 1.29 is 14.7 Å². The van der Waals surface area contributed by atoms with E-state index in [4.69, 9.17) is 5.11 Å². The van der Waals surface area contributed by atoms with Crippen LogP contribution in [-0.2, 0) is 9.59 Å². The Morgan fingerprint density at radius 1 is 1.20 bits per heavy atom. The van der Waals surface area contributed by atoms with Crippen molar-refractivity contribution in [2.75, 3.05) is 13.1 Å². The minimum Gasteiger partial charge on any atom is -0.481 e. The molecule has 2 fully saturated rings. The Morgan fingerprint density at radius 2 is 1.95 bits per heavy atom. The molecule has 1 saturated heterocycles. The second kappa shape index (κ2) is 6.15. The van der Waals surface area contributed by atoms with Crippen LogP contribution in [0, 0.1) is 17.3 Å². The molecule has 20 heavy (non-hydrogen) atoms. The number of carboxylic acid groups (broad SMARTS) is 1. The van der Waals surface area contributed by atoms with Crippen LogP contribution in [0.25, 0.3) is 0 Å². The fourth-order valence-corrected chi connectivity index (χ4v) is 3.85. The minimum atomic E-state index is -0.748. The number of piperidine rings is 1. The minimum absolute atomic E-state index is 0.0923. The molecule has 2 aliphatic rings. The zero-order valence-electron chi connectivity index (χ0n) is 12.7. The summed E-state index contributed by atoms with van der Waals surface area (Å²) in [5.74, 6) is -0.219. The van der Waals surface area contributed by atoms with Crippen LogP contribution >= 0.6 is 0 Å². The number of likely N-dealkylation sites (tertiary alicyclic amines) is 1. The predicted octanol–water partition coefficient (Wildman–Crippen LogP) is 2.92. The summed E-state index contributed by atoms with van der Waals surface area (Å²) in [7, 11) is 0. The molecular formula is C16H27NO3. The average Bonchev–Trinajstić information content (AvgIpc) is 2.37. The highest BCUT2D eigenvalue weighted by molar-refractivity contribution is 5.80. The van der Waals surface area contributed by atoms with Crippen LogP contribution < -0.4 is 0 Å². The lowest BCUT2D eigenvalue weighted by molar-refractivity contribution is -0.145. The molecule has 0 aromatic rings. The fraction of sp³-hybridized carbons (Fsp3) is 0.875. The Balaban J connectivity index is 1.99. The summed E-state index contributed by atoms with van der Waals surface area (Å²) < 4.78 is 0. The maximum atomic E-state index is 12.8. The summed E-state index contributed by atoms with van der Waals surface area (Å²) >= 11 is 0. The van der Waals surface area contributed by atoms with Gasteiger partial charge in [0, 0.05) is 25.4 Å². The quantitative estimate of drug-likeness (QED) is 0.865. The van der Waals surface area contributed by atoms with Crippen LogP contribution in [0.5, 0.6) is 0 Å². The maximum absolute atomic E-state index is 12.8. The lowest BCUT2D eigenvalue weighted by Gasteiger charge is -2.42. The second-order valence-corrected chi connectivity index (χ2v) is 7.18. The van der Waals surface area contributed by atoms with E-state index in [1.165, 1.54) is 6.42 Å². The molecule has 114 valence electrons. The molecule has 0 aromatic heterocycles. The normalized spacial score (nSPS) is 30.0. The highest BCUT2D eigenvalue weighted by atomic mass is 16.4. The summed E-state index contributed by atoms with van der Waals surface area (Å²) in [4.78, 5) is 25.6. The number of amides is 1. The van der Waals surface area contributed by atoms with E-state index in [-0.39, 0.29) is 29.6 Å². The predicted molar refractivity (Wildman–Crippen MR) is 77.3 cm³/mol. The molecule has 2 unspecified atom stereocenters. The van der Waals surface area contributed by atoms with Crippen molar-refractivity contribution in [3.63, 3.8) is 0 Å². The average molecular weight is 281 g/mol. The second-order valence-electron chi connectivity index (χ2n) is 7.18. The molecule has 1 heterocycles. The largest absolute Gasteiger partial charge is 0.481 e. The van der Waals surface area contributed by atoms with Crippen molar-refractivity contribution in [2.24, 2.45) is 17.3 Å². The Morgan fingerprint density at radius 3 is 2.60 bits per heavy atom. The van der Waals surface area contributed by atoms with Crippen LogP contribution in [0.15, 0.2) is 0 Å². The molecule has 1 aliphatic carbocycles. The van der Waals surface area contributed by atoms with Gasteiger partial charge in [-0.25, -0.2) is 0 Å². The van der Waals surface area contributed by atoms with Crippen LogP contribution in [0.4, 0.5) is 0 Å². The molecule has 1 amide bonds. The highest BCUT2D eigenvalue weighted by Crippen LogP contribution is 2.41. The number of carbonyl (C=O) groups is 2. The molecule has 1 aliphatic heterocycles. The summed E-state index contributed by atoms with van der Waals surface area (Å²) in [5.41, 5.74) is 0.0923. The van der Waals surface area contributed by atoms with Gasteiger partial charge in [0.1, 0.15) is 0 Å². The molecule has 2 rings (SSSR count). The zero-order chi connectivity index (χ0) is 14.8. The van der Waals surface area contributed by atoms with E-state index in [0.29, 0.717) is 6.54 Å². The first-order valence-electron chi connectivity index (χ1n) is 7.91. The Labute approximate surface area is 121 Å². The van der Waals surface area contributed by atoms with Crippen molar-refractivity contribution in [2.45, 2.75) is 58.8 Å². The van der Waals surface area contributed by atoms with Crippen molar-refractivity contribution in [1.29, 1.82) is 0 Å². The smallest absolute Gasteiger partial charge is 0.303 e. The van der Waals surface area contributed by atoms with E-state index < -0.39 is 5.97 Å². The summed E-state index contributed by atoms with van der Waals surface area (Å²) in [5, 5.41) is 8.92. The molecule has 0 spiro atoms. The van der Waals surface area contributed by atoms with Gasteiger partial charge in [-0.1, -0.05) is 26.7 Å². The van der Waals surface area contributed by atoms with Crippen LogP contribution in [0.1, 0.15) is 58.8 Å². The third-order valence-electron chi connectivity index (χ3n) is 5.10. The molecular weight excluding hydrogens is 254 g/mol. The van der Waals surface area contributed by atoms with Gasteiger partial charge in [0.05, 0.1) is 0 Å². The highest BCUT2D eigenvalue weighted by Gasteiger charge is 2.40. The van der Waals surface area contributed by atoms with Gasteiger partial charge in [-0.15, -0.1) is 0 Å². The third kappa shape index (κ3) is 3.53. The molecule has 2 atom stereocenters. The van der Waals surface area contributed by atoms with Gasteiger partial charge in [0.15, 0.2) is 0 Å². The van der Waals surface area contributed by atoms with E-state index in [9.17, 15) is 9.59 Å². The Kier molecular flexibility index (Phi) is 4.71. The van der Waals surface area contributed by atoms with Gasteiger partial charge in [0.2, 0.25) is 5.91 Å². The topological polar surface area (TPSA) is 57.6 Å².